The molecule has 0 saturated heterocycles. The molecule has 2 rings (SSSR count). The van der Waals surface area contributed by atoms with Crippen LogP contribution in [0.2, 0.25) is 0 Å². The lowest BCUT2D eigenvalue weighted by Gasteiger charge is -2.31. The Morgan fingerprint density at radius 2 is 1.62 bits per heavy atom. The summed E-state index contributed by atoms with van der Waals surface area (Å²) < 4.78 is 12.9. The number of hydrogen-bond acceptors (Lipinski definition) is 2. The molecule has 0 saturated carbocycles. The van der Waals surface area contributed by atoms with Crippen molar-refractivity contribution in [1.82, 2.24) is 9.88 Å². The quantitative estimate of drug-likeness (QED) is 0.842. The Morgan fingerprint density at radius 1 is 1.05 bits per heavy atom. The van der Waals surface area contributed by atoms with Gasteiger partial charge in [0.1, 0.15) is 11.5 Å². The van der Waals surface area contributed by atoms with Crippen LogP contribution in [0.4, 0.5) is 4.39 Å². The lowest BCUT2D eigenvalue weighted by atomic mass is 10.1. The van der Waals surface area contributed by atoms with E-state index in [1.165, 1.54) is 12.1 Å². The number of amides is 1. The van der Waals surface area contributed by atoms with Crippen molar-refractivity contribution in [2.75, 3.05) is 7.05 Å². The Balaban J connectivity index is 2.23. The summed E-state index contributed by atoms with van der Waals surface area (Å²) in [5.41, 5.74) is 1.87. The van der Waals surface area contributed by atoms with Crippen LogP contribution in [0, 0.1) is 5.82 Å². The summed E-state index contributed by atoms with van der Waals surface area (Å²) in [5.74, 6) is -0.390. The van der Waals surface area contributed by atoms with Crippen molar-refractivity contribution < 1.29 is 9.18 Å². The number of benzene rings is 1. The molecule has 1 heterocycles. The van der Waals surface area contributed by atoms with Crippen LogP contribution in [0.3, 0.4) is 0 Å². The van der Waals surface area contributed by atoms with Gasteiger partial charge in [-0.25, -0.2) is 4.39 Å². The van der Waals surface area contributed by atoms with Crippen LogP contribution < -0.4 is 0 Å². The lowest BCUT2D eigenvalue weighted by Crippen LogP contribution is -2.42. The van der Waals surface area contributed by atoms with Gasteiger partial charge in [-0.1, -0.05) is 18.2 Å². The minimum Gasteiger partial charge on any atom is -0.336 e. The van der Waals surface area contributed by atoms with E-state index in [0.29, 0.717) is 5.69 Å². The van der Waals surface area contributed by atoms with Crippen molar-refractivity contribution in [2.24, 2.45) is 0 Å². The second-order valence-corrected chi connectivity index (χ2v) is 5.97. The van der Waals surface area contributed by atoms with Gasteiger partial charge >= 0.3 is 0 Å². The van der Waals surface area contributed by atoms with E-state index >= 15 is 0 Å². The van der Waals surface area contributed by atoms with E-state index in [1.54, 1.807) is 36.3 Å². The van der Waals surface area contributed by atoms with Crippen LogP contribution in [-0.2, 0) is 0 Å². The van der Waals surface area contributed by atoms with E-state index in [9.17, 15) is 9.18 Å². The van der Waals surface area contributed by atoms with E-state index in [0.717, 1.165) is 11.1 Å². The average molecular weight is 286 g/mol. The third-order valence-corrected chi connectivity index (χ3v) is 3.47. The molecule has 0 unspecified atom stereocenters. The van der Waals surface area contributed by atoms with Crippen LogP contribution in [0.25, 0.3) is 11.1 Å². The normalized spacial score (nSPS) is 11.3. The van der Waals surface area contributed by atoms with Crippen molar-refractivity contribution >= 4 is 5.91 Å². The minimum absolute atomic E-state index is 0.117. The third-order valence-electron chi connectivity index (χ3n) is 3.47. The van der Waals surface area contributed by atoms with E-state index in [4.69, 9.17) is 0 Å². The largest absolute Gasteiger partial charge is 0.336 e. The number of carbonyl (C=O) groups excluding carboxylic acids is 1. The molecule has 0 spiro atoms. The molecule has 1 aromatic heterocycles. The van der Waals surface area contributed by atoms with Gasteiger partial charge in [0.2, 0.25) is 0 Å². The molecule has 110 valence electrons. The van der Waals surface area contributed by atoms with Gasteiger partial charge in [0.05, 0.1) is 0 Å². The van der Waals surface area contributed by atoms with Gasteiger partial charge in [-0.15, -0.1) is 0 Å². The zero-order valence-electron chi connectivity index (χ0n) is 12.7. The molecule has 0 aliphatic rings. The Kier molecular flexibility index (Phi) is 4.07. The topological polar surface area (TPSA) is 33.2 Å². The highest BCUT2D eigenvalue weighted by Gasteiger charge is 2.24. The van der Waals surface area contributed by atoms with E-state index in [-0.39, 0.29) is 17.3 Å². The van der Waals surface area contributed by atoms with E-state index < -0.39 is 0 Å². The van der Waals surface area contributed by atoms with Gasteiger partial charge in [0, 0.05) is 24.3 Å². The van der Waals surface area contributed by atoms with Gasteiger partial charge < -0.3 is 4.90 Å². The predicted octanol–water partition coefficient (Wildman–Crippen LogP) is 3.76. The van der Waals surface area contributed by atoms with Crippen molar-refractivity contribution in [3.63, 3.8) is 0 Å². The number of hydrogen-bond donors (Lipinski definition) is 0. The molecule has 0 aliphatic heterocycles. The molecule has 4 heteroatoms. The number of nitrogens with zero attached hydrogens (tertiary/aromatic N) is 2. The molecule has 0 N–H and O–H groups in total. The fourth-order valence-electron chi connectivity index (χ4n) is 1.81. The zero-order chi connectivity index (χ0) is 15.6. The Bertz CT molecular complexity index is 627. The van der Waals surface area contributed by atoms with Crippen molar-refractivity contribution in [1.29, 1.82) is 0 Å². The van der Waals surface area contributed by atoms with Crippen LogP contribution in [-0.4, -0.2) is 28.4 Å². The second-order valence-electron chi connectivity index (χ2n) is 5.97. The van der Waals surface area contributed by atoms with Crippen LogP contribution in [0.1, 0.15) is 31.3 Å². The molecule has 1 aromatic carbocycles. The molecule has 0 radical (unpaired) electrons. The Hall–Kier alpha value is -2.23. The first-order valence-electron chi connectivity index (χ1n) is 6.79. The maximum Gasteiger partial charge on any atom is 0.272 e. The highest BCUT2D eigenvalue weighted by atomic mass is 19.1. The number of halogens is 1. The number of pyridine rings is 1. The zero-order valence-corrected chi connectivity index (χ0v) is 12.7. The van der Waals surface area contributed by atoms with E-state index in [2.05, 4.69) is 4.98 Å². The van der Waals surface area contributed by atoms with Crippen molar-refractivity contribution in [3.8, 4) is 11.1 Å². The minimum atomic E-state index is -0.273. The first kappa shape index (κ1) is 15.2. The highest BCUT2D eigenvalue weighted by Crippen LogP contribution is 2.20. The summed E-state index contributed by atoms with van der Waals surface area (Å²) in [5, 5.41) is 0. The first-order chi connectivity index (χ1) is 9.79. The Labute approximate surface area is 124 Å². The number of carbonyl (C=O) groups is 1. The summed E-state index contributed by atoms with van der Waals surface area (Å²) in [6, 6.07) is 9.71. The molecule has 1 amide bonds. The van der Waals surface area contributed by atoms with Gasteiger partial charge in [0.25, 0.3) is 5.91 Å². The summed E-state index contributed by atoms with van der Waals surface area (Å²) in [4.78, 5) is 18.2. The molecule has 21 heavy (non-hydrogen) atoms. The van der Waals surface area contributed by atoms with Gasteiger partial charge in [-0.05, 0) is 44.5 Å². The van der Waals surface area contributed by atoms with Gasteiger partial charge in [0.15, 0.2) is 0 Å². The van der Waals surface area contributed by atoms with Gasteiger partial charge in [-0.2, -0.15) is 0 Å². The summed E-state index contributed by atoms with van der Waals surface area (Å²) >= 11 is 0. The predicted molar refractivity (Wildman–Crippen MR) is 81.5 cm³/mol. The monoisotopic (exact) mass is 286 g/mol. The molecular formula is C17H19FN2O. The molecule has 3 nitrogen and oxygen atoms in total. The molecular weight excluding hydrogens is 267 g/mol. The van der Waals surface area contributed by atoms with Crippen LogP contribution >= 0.6 is 0 Å². The maximum absolute atomic E-state index is 12.9. The van der Waals surface area contributed by atoms with E-state index in [1.807, 2.05) is 26.8 Å². The average Bonchev–Trinajstić information content (AvgIpc) is 2.46. The lowest BCUT2D eigenvalue weighted by molar-refractivity contribution is 0.0649. The molecule has 0 fully saturated rings. The smallest absolute Gasteiger partial charge is 0.272 e. The van der Waals surface area contributed by atoms with Crippen LogP contribution in [0.5, 0.6) is 0 Å². The standard InChI is InChI=1S/C17H19FN2O/c1-17(2,3)20(4)16(21)15-10-7-13(11-19-15)12-5-8-14(18)9-6-12/h5-11H,1-4H3. The fourth-order valence-corrected chi connectivity index (χ4v) is 1.81. The molecule has 0 bridgehead atoms. The molecule has 2 aromatic rings. The number of rotatable bonds is 2. The first-order valence-corrected chi connectivity index (χ1v) is 6.79. The third kappa shape index (κ3) is 3.45. The van der Waals surface area contributed by atoms with Crippen molar-refractivity contribution in [2.45, 2.75) is 26.3 Å². The van der Waals surface area contributed by atoms with Crippen molar-refractivity contribution in [3.05, 3.63) is 54.1 Å². The summed E-state index contributed by atoms with van der Waals surface area (Å²) in [6.45, 7) is 5.91. The molecule has 0 aliphatic carbocycles. The highest BCUT2D eigenvalue weighted by molar-refractivity contribution is 5.92. The maximum atomic E-state index is 12.9. The SMILES string of the molecule is CN(C(=O)c1ccc(-c2ccc(F)cc2)cn1)C(C)(C)C. The Morgan fingerprint density at radius 3 is 2.10 bits per heavy atom. The van der Waals surface area contributed by atoms with Gasteiger partial charge in [-0.3, -0.25) is 9.78 Å². The molecule has 0 atom stereocenters. The second kappa shape index (κ2) is 5.64. The fraction of sp³-hybridized carbons (Fsp3) is 0.294. The summed E-state index contributed by atoms with van der Waals surface area (Å²) in [6.07, 6.45) is 1.64. The number of aromatic nitrogens is 1. The van der Waals surface area contributed by atoms with Crippen LogP contribution in [0.15, 0.2) is 42.6 Å². The summed E-state index contributed by atoms with van der Waals surface area (Å²) in [7, 11) is 1.76.